The summed E-state index contributed by atoms with van der Waals surface area (Å²) in [7, 11) is 1.66. The van der Waals surface area contributed by atoms with E-state index in [4.69, 9.17) is 5.73 Å². The highest BCUT2D eigenvalue weighted by atomic mass is 16.3. The van der Waals surface area contributed by atoms with Gasteiger partial charge in [0.15, 0.2) is 5.72 Å². The van der Waals surface area contributed by atoms with Crippen LogP contribution >= 0.6 is 0 Å². The number of carbonyl (C=O) groups is 1. The number of anilines is 1. The fourth-order valence-corrected chi connectivity index (χ4v) is 3.34. The van der Waals surface area contributed by atoms with Crippen LogP contribution in [0.1, 0.15) is 66.1 Å². The van der Waals surface area contributed by atoms with Gasteiger partial charge in [0.2, 0.25) is 0 Å². The first kappa shape index (κ1) is 15.8. The van der Waals surface area contributed by atoms with E-state index in [1.807, 2.05) is 19.9 Å². The van der Waals surface area contributed by atoms with Crippen molar-refractivity contribution in [1.29, 1.82) is 0 Å². The Balaban J connectivity index is 2.43. The molecule has 1 unspecified atom stereocenters. The second-order valence-corrected chi connectivity index (χ2v) is 6.17. The zero-order chi connectivity index (χ0) is 15.8. The molecule has 0 saturated carbocycles. The third kappa shape index (κ3) is 2.42. The summed E-state index contributed by atoms with van der Waals surface area (Å²) in [6.45, 7) is 5.99. The molecule has 4 nitrogen and oxygen atoms in total. The number of carbonyl (C=O) groups excluding carboxylic acids is 1. The summed E-state index contributed by atoms with van der Waals surface area (Å²) in [5, 5.41) is 11.1. The molecule has 0 radical (unpaired) electrons. The molecule has 3 N–H and O–H groups in total. The van der Waals surface area contributed by atoms with Crippen molar-refractivity contribution in [1.82, 2.24) is 4.90 Å². The lowest BCUT2D eigenvalue weighted by Gasteiger charge is -2.32. The number of nitrogens with two attached hydrogens (primary N) is 1. The van der Waals surface area contributed by atoms with Gasteiger partial charge >= 0.3 is 0 Å². The molecule has 1 heterocycles. The number of fused-ring (bicyclic) bond motifs is 1. The van der Waals surface area contributed by atoms with Crippen LogP contribution in [0.2, 0.25) is 0 Å². The number of aliphatic hydroxyl groups is 1. The SMILES string of the molecule is CCCCCCC1(O)c2c(C)cc(C)c(N)c2C(=O)N1C. The van der Waals surface area contributed by atoms with Crippen LogP contribution < -0.4 is 5.73 Å². The molecule has 1 aromatic carbocycles. The second-order valence-electron chi connectivity index (χ2n) is 6.17. The zero-order valence-corrected chi connectivity index (χ0v) is 13.5. The van der Waals surface area contributed by atoms with Gasteiger partial charge in [-0.15, -0.1) is 0 Å². The van der Waals surface area contributed by atoms with E-state index in [0.29, 0.717) is 23.2 Å². The van der Waals surface area contributed by atoms with Crippen LogP contribution in [0.15, 0.2) is 6.07 Å². The quantitative estimate of drug-likeness (QED) is 0.647. The number of unbranched alkanes of at least 4 members (excludes halogenated alkanes) is 3. The third-order valence-corrected chi connectivity index (χ3v) is 4.62. The Morgan fingerprint density at radius 3 is 2.52 bits per heavy atom. The van der Waals surface area contributed by atoms with Gasteiger partial charge in [-0.25, -0.2) is 0 Å². The molecular weight excluding hydrogens is 264 g/mol. The van der Waals surface area contributed by atoms with Gasteiger partial charge in [0.05, 0.1) is 5.56 Å². The average Bonchev–Trinajstić information content (AvgIpc) is 2.64. The molecule has 0 aliphatic carbocycles. The van der Waals surface area contributed by atoms with E-state index < -0.39 is 5.72 Å². The molecule has 0 fully saturated rings. The number of hydrogen-bond acceptors (Lipinski definition) is 3. The fraction of sp³-hybridized carbons (Fsp3) is 0.588. The van der Waals surface area contributed by atoms with E-state index in [1.54, 1.807) is 7.05 Å². The molecule has 0 bridgehead atoms. The molecule has 1 aliphatic rings. The first-order valence-corrected chi connectivity index (χ1v) is 7.75. The van der Waals surface area contributed by atoms with Gasteiger partial charge in [-0.3, -0.25) is 4.79 Å². The zero-order valence-electron chi connectivity index (χ0n) is 13.5. The van der Waals surface area contributed by atoms with Crippen molar-refractivity contribution in [2.45, 2.75) is 58.6 Å². The lowest BCUT2D eigenvalue weighted by molar-refractivity contribution is -0.0803. The Hall–Kier alpha value is -1.55. The van der Waals surface area contributed by atoms with Crippen LogP contribution in [0, 0.1) is 13.8 Å². The number of aryl methyl sites for hydroxylation is 2. The Morgan fingerprint density at radius 2 is 1.90 bits per heavy atom. The molecule has 1 atom stereocenters. The van der Waals surface area contributed by atoms with Gasteiger partial charge < -0.3 is 15.7 Å². The van der Waals surface area contributed by atoms with Crippen LogP contribution in [0.5, 0.6) is 0 Å². The number of nitrogens with zero attached hydrogens (tertiary/aromatic N) is 1. The maximum atomic E-state index is 12.5. The van der Waals surface area contributed by atoms with Crippen LogP contribution in [-0.4, -0.2) is 23.0 Å². The molecule has 4 heteroatoms. The summed E-state index contributed by atoms with van der Waals surface area (Å²) in [5.74, 6) is -0.174. The highest BCUT2D eigenvalue weighted by molar-refractivity contribution is 6.05. The van der Waals surface area contributed by atoms with E-state index in [9.17, 15) is 9.90 Å². The third-order valence-electron chi connectivity index (χ3n) is 4.62. The number of amides is 1. The molecule has 0 spiro atoms. The van der Waals surface area contributed by atoms with E-state index in [1.165, 1.54) is 4.90 Å². The standard InChI is InChI=1S/C17H26N2O2/c1-5-6-7-8-9-17(21)14-11(2)10-12(3)15(18)13(14)16(20)19(17)4/h10,21H,5-9,18H2,1-4H3. The molecule has 1 aromatic rings. The molecule has 0 aromatic heterocycles. The number of benzene rings is 1. The molecule has 116 valence electrons. The summed E-state index contributed by atoms with van der Waals surface area (Å²) in [6.07, 6.45) is 4.82. The first-order chi connectivity index (χ1) is 9.84. The van der Waals surface area contributed by atoms with Crippen molar-refractivity contribution in [3.63, 3.8) is 0 Å². The van der Waals surface area contributed by atoms with Crippen LogP contribution in [-0.2, 0) is 5.72 Å². The number of rotatable bonds is 5. The fourth-order valence-electron chi connectivity index (χ4n) is 3.34. The minimum absolute atomic E-state index is 0.174. The van der Waals surface area contributed by atoms with Crippen LogP contribution in [0.25, 0.3) is 0 Å². The van der Waals surface area contributed by atoms with E-state index in [0.717, 1.165) is 36.8 Å². The van der Waals surface area contributed by atoms with Gasteiger partial charge in [0, 0.05) is 18.3 Å². The summed E-state index contributed by atoms with van der Waals surface area (Å²) >= 11 is 0. The molecule has 1 aliphatic heterocycles. The van der Waals surface area contributed by atoms with E-state index in [2.05, 4.69) is 6.92 Å². The minimum atomic E-state index is -1.22. The van der Waals surface area contributed by atoms with E-state index in [-0.39, 0.29) is 5.91 Å². The van der Waals surface area contributed by atoms with Crippen LogP contribution in [0.4, 0.5) is 5.69 Å². The van der Waals surface area contributed by atoms with Crippen molar-refractivity contribution in [3.8, 4) is 0 Å². The van der Waals surface area contributed by atoms with Crippen molar-refractivity contribution in [2.75, 3.05) is 12.8 Å². The summed E-state index contributed by atoms with van der Waals surface area (Å²) in [6, 6.07) is 1.96. The molecule has 2 rings (SSSR count). The van der Waals surface area contributed by atoms with Gasteiger partial charge in [-0.2, -0.15) is 0 Å². The predicted molar refractivity (Wildman–Crippen MR) is 85.1 cm³/mol. The second kappa shape index (κ2) is 5.68. The Morgan fingerprint density at radius 1 is 1.24 bits per heavy atom. The van der Waals surface area contributed by atoms with Gasteiger partial charge in [0.1, 0.15) is 0 Å². The monoisotopic (exact) mass is 290 g/mol. The van der Waals surface area contributed by atoms with Gasteiger partial charge in [0.25, 0.3) is 5.91 Å². The highest BCUT2D eigenvalue weighted by Gasteiger charge is 2.48. The maximum absolute atomic E-state index is 12.5. The Bertz CT molecular complexity index is 568. The summed E-state index contributed by atoms with van der Waals surface area (Å²) < 4.78 is 0. The Kier molecular flexibility index (Phi) is 4.28. The van der Waals surface area contributed by atoms with Crippen molar-refractivity contribution >= 4 is 11.6 Å². The summed E-state index contributed by atoms with van der Waals surface area (Å²) in [5.41, 5.74) is 8.40. The molecule has 1 amide bonds. The van der Waals surface area contributed by atoms with Crippen LogP contribution in [0.3, 0.4) is 0 Å². The molecule has 0 saturated heterocycles. The molecular formula is C17H26N2O2. The van der Waals surface area contributed by atoms with Gasteiger partial charge in [-0.05, 0) is 37.8 Å². The average molecular weight is 290 g/mol. The van der Waals surface area contributed by atoms with Crippen molar-refractivity contribution in [2.24, 2.45) is 0 Å². The Labute approximate surface area is 126 Å². The number of nitrogen functional groups attached to an aromatic ring is 1. The lowest BCUT2D eigenvalue weighted by atomic mass is 9.89. The minimum Gasteiger partial charge on any atom is -0.398 e. The topological polar surface area (TPSA) is 66.6 Å². The molecule has 21 heavy (non-hydrogen) atoms. The van der Waals surface area contributed by atoms with Crippen molar-refractivity contribution in [3.05, 3.63) is 28.3 Å². The largest absolute Gasteiger partial charge is 0.398 e. The maximum Gasteiger partial charge on any atom is 0.258 e. The van der Waals surface area contributed by atoms with Gasteiger partial charge in [-0.1, -0.05) is 32.3 Å². The van der Waals surface area contributed by atoms with Crippen molar-refractivity contribution < 1.29 is 9.90 Å². The first-order valence-electron chi connectivity index (χ1n) is 7.75. The summed E-state index contributed by atoms with van der Waals surface area (Å²) in [4.78, 5) is 14.0. The van der Waals surface area contributed by atoms with E-state index >= 15 is 0 Å². The smallest absolute Gasteiger partial charge is 0.258 e. The number of hydrogen-bond donors (Lipinski definition) is 2. The lowest BCUT2D eigenvalue weighted by Crippen LogP contribution is -2.41. The predicted octanol–water partition coefficient (Wildman–Crippen LogP) is 3.09. The highest BCUT2D eigenvalue weighted by Crippen LogP contribution is 2.44. The normalized spacial score (nSPS) is 21.0.